The van der Waals surface area contributed by atoms with E-state index in [0.717, 1.165) is 19.5 Å². The minimum absolute atomic E-state index is 0.0727. The van der Waals surface area contributed by atoms with Crippen LogP contribution in [0.15, 0.2) is 35.0 Å². The summed E-state index contributed by atoms with van der Waals surface area (Å²) in [5.74, 6) is -0.0620. The molecule has 0 amide bonds. The highest BCUT2D eigenvalue weighted by atomic mass is 32.1. The number of aliphatic hydroxyl groups is 1. The summed E-state index contributed by atoms with van der Waals surface area (Å²) in [6.45, 7) is 1.94. The maximum Gasteiger partial charge on any atom is 0.349 e. The third-order valence-corrected chi connectivity index (χ3v) is 7.66. The first-order valence-electron chi connectivity index (χ1n) is 7.91. The molecule has 2 saturated heterocycles. The van der Waals surface area contributed by atoms with E-state index in [1.807, 2.05) is 22.9 Å². The monoisotopic (exact) mass is 347 g/mol. The number of piperidine rings is 1. The Balaban J connectivity index is 1.44. The lowest BCUT2D eigenvalue weighted by Crippen LogP contribution is -2.48. The second-order valence-electron chi connectivity index (χ2n) is 6.72. The summed E-state index contributed by atoms with van der Waals surface area (Å²) in [7, 11) is 0. The standard InChI is InChI=1S/C17H17NO3S2/c19-15(21-12-10-18-6-5-16(18)9-11(12)16)17(20,13-3-1-7-22-13)14-4-2-8-23-14/h1-4,7-8,11-12,20H,5-6,9-10H2/t11?,12-,16?/m0/s1. The number of rotatable bonds is 4. The lowest BCUT2D eigenvalue weighted by Gasteiger charge is -2.38. The summed E-state index contributed by atoms with van der Waals surface area (Å²) < 4.78 is 5.84. The van der Waals surface area contributed by atoms with Gasteiger partial charge in [-0.15, -0.1) is 22.7 Å². The van der Waals surface area contributed by atoms with Gasteiger partial charge < -0.3 is 9.84 Å². The fourth-order valence-electron chi connectivity index (χ4n) is 4.26. The smallest absolute Gasteiger partial charge is 0.349 e. The molecule has 0 bridgehead atoms. The number of ether oxygens (including phenoxy) is 1. The maximum absolute atomic E-state index is 12.9. The van der Waals surface area contributed by atoms with E-state index in [2.05, 4.69) is 4.90 Å². The van der Waals surface area contributed by atoms with Crippen LogP contribution < -0.4 is 0 Å². The van der Waals surface area contributed by atoms with Crippen molar-refractivity contribution in [3.8, 4) is 0 Å². The van der Waals surface area contributed by atoms with Crippen LogP contribution in [-0.4, -0.2) is 40.7 Å². The molecule has 0 aromatic carbocycles. The van der Waals surface area contributed by atoms with E-state index >= 15 is 0 Å². The zero-order valence-electron chi connectivity index (χ0n) is 12.5. The van der Waals surface area contributed by atoms with Gasteiger partial charge in [-0.25, -0.2) is 4.79 Å². The third kappa shape index (κ3) is 1.80. The van der Waals surface area contributed by atoms with E-state index in [1.54, 1.807) is 12.1 Å². The first-order chi connectivity index (χ1) is 11.1. The van der Waals surface area contributed by atoms with Crippen molar-refractivity contribution >= 4 is 28.6 Å². The van der Waals surface area contributed by atoms with Crippen LogP contribution in [-0.2, 0) is 15.1 Å². The van der Waals surface area contributed by atoms with Crippen molar-refractivity contribution in [1.29, 1.82) is 0 Å². The third-order valence-electron chi connectivity index (χ3n) is 5.71. The Kier molecular flexibility index (Phi) is 2.87. The van der Waals surface area contributed by atoms with Gasteiger partial charge in [0.25, 0.3) is 0 Å². The molecule has 2 aromatic heterocycles. The second kappa shape index (κ2) is 4.66. The van der Waals surface area contributed by atoms with Crippen LogP contribution in [0, 0.1) is 5.92 Å². The van der Waals surface area contributed by atoms with Crippen molar-refractivity contribution in [1.82, 2.24) is 4.90 Å². The van der Waals surface area contributed by atoms with Gasteiger partial charge in [0.2, 0.25) is 5.60 Å². The Morgan fingerprint density at radius 1 is 1.30 bits per heavy atom. The number of nitrogens with zero attached hydrogens (tertiary/aromatic N) is 1. The molecule has 120 valence electrons. The molecule has 6 heteroatoms. The number of esters is 1. The van der Waals surface area contributed by atoms with Gasteiger partial charge in [0.05, 0.1) is 9.75 Å². The lowest BCUT2D eigenvalue weighted by atomic mass is 10.00. The SMILES string of the molecule is O=C(O[C@H]1CN2CCC23CC13)C(O)(c1cccs1)c1cccs1. The predicted octanol–water partition coefficient (Wildman–Crippen LogP) is 2.44. The number of carbonyl (C=O) groups excluding carboxylic acids is 1. The van der Waals surface area contributed by atoms with Crippen molar-refractivity contribution in [3.05, 3.63) is 44.8 Å². The van der Waals surface area contributed by atoms with Gasteiger partial charge >= 0.3 is 5.97 Å². The van der Waals surface area contributed by atoms with Crippen molar-refractivity contribution in [2.75, 3.05) is 13.1 Å². The fraction of sp³-hybridized carbons (Fsp3) is 0.471. The number of hydrogen-bond donors (Lipinski definition) is 1. The van der Waals surface area contributed by atoms with E-state index < -0.39 is 11.6 Å². The van der Waals surface area contributed by atoms with E-state index in [1.165, 1.54) is 29.1 Å². The molecule has 4 nitrogen and oxygen atoms in total. The first kappa shape index (κ1) is 14.2. The number of hydrogen-bond acceptors (Lipinski definition) is 6. The van der Waals surface area contributed by atoms with Gasteiger partial charge in [0.15, 0.2) is 0 Å². The van der Waals surface area contributed by atoms with E-state index in [9.17, 15) is 9.90 Å². The minimum Gasteiger partial charge on any atom is -0.458 e. The highest BCUT2D eigenvalue weighted by molar-refractivity contribution is 7.12. The molecule has 2 aliphatic heterocycles. The molecule has 1 N–H and O–H groups in total. The average Bonchev–Trinajstić information content (AvgIpc) is 2.93. The predicted molar refractivity (Wildman–Crippen MR) is 88.5 cm³/mol. The Labute approximate surface area is 142 Å². The van der Waals surface area contributed by atoms with Crippen LogP contribution in [0.25, 0.3) is 0 Å². The molecule has 1 saturated carbocycles. The molecule has 4 heterocycles. The molecule has 2 aromatic rings. The van der Waals surface area contributed by atoms with Crippen LogP contribution in [0.4, 0.5) is 0 Å². The quantitative estimate of drug-likeness (QED) is 0.863. The molecule has 5 rings (SSSR count). The molecule has 3 fully saturated rings. The first-order valence-corrected chi connectivity index (χ1v) is 9.67. The van der Waals surface area contributed by atoms with Crippen molar-refractivity contribution < 1.29 is 14.6 Å². The summed E-state index contributed by atoms with van der Waals surface area (Å²) in [6.07, 6.45) is 2.30. The van der Waals surface area contributed by atoms with E-state index in [4.69, 9.17) is 4.74 Å². The van der Waals surface area contributed by atoms with Crippen LogP contribution in [0.2, 0.25) is 0 Å². The number of thiophene rings is 2. The lowest BCUT2D eigenvalue weighted by molar-refractivity contribution is -0.167. The molecule has 23 heavy (non-hydrogen) atoms. The summed E-state index contributed by atoms with van der Waals surface area (Å²) in [4.78, 5) is 16.6. The van der Waals surface area contributed by atoms with Gasteiger partial charge in [-0.1, -0.05) is 12.1 Å². The zero-order valence-corrected chi connectivity index (χ0v) is 14.1. The molecule has 2 unspecified atom stereocenters. The van der Waals surface area contributed by atoms with Gasteiger partial charge in [-0.2, -0.15) is 0 Å². The summed E-state index contributed by atoms with van der Waals surface area (Å²) in [5.41, 5.74) is -1.34. The van der Waals surface area contributed by atoms with Crippen molar-refractivity contribution in [2.45, 2.75) is 30.1 Å². The Bertz CT molecular complexity index is 708. The largest absolute Gasteiger partial charge is 0.458 e. The van der Waals surface area contributed by atoms with Crippen molar-refractivity contribution in [3.63, 3.8) is 0 Å². The van der Waals surface area contributed by atoms with Crippen LogP contribution in [0.5, 0.6) is 0 Å². The normalized spacial score (nSPS) is 32.0. The van der Waals surface area contributed by atoms with Gasteiger partial charge in [-0.05, 0) is 35.7 Å². The molecular formula is C17H17NO3S2. The molecule has 3 aliphatic rings. The Morgan fingerprint density at radius 3 is 2.39 bits per heavy atom. The fourth-order valence-corrected chi connectivity index (χ4v) is 5.97. The number of carbonyl (C=O) groups is 1. The van der Waals surface area contributed by atoms with E-state index in [-0.39, 0.29) is 6.10 Å². The minimum atomic E-state index is -1.68. The van der Waals surface area contributed by atoms with Crippen LogP contribution in [0.3, 0.4) is 0 Å². The highest BCUT2D eigenvalue weighted by Crippen LogP contribution is 2.63. The van der Waals surface area contributed by atoms with E-state index in [0.29, 0.717) is 21.2 Å². The van der Waals surface area contributed by atoms with Crippen LogP contribution >= 0.6 is 22.7 Å². The second-order valence-corrected chi connectivity index (χ2v) is 8.61. The zero-order chi connectivity index (χ0) is 15.7. The molecule has 1 spiro atoms. The molecule has 3 atom stereocenters. The maximum atomic E-state index is 12.9. The van der Waals surface area contributed by atoms with Gasteiger partial charge in [0.1, 0.15) is 6.10 Å². The summed E-state index contributed by atoms with van der Waals surface area (Å²) in [6, 6.07) is 7.30. The Hall–Kier alpha value is -1.21. The van der Waals surface area contributed by atoms with Crippen molar-refractivity contribution in [2.24, 2.45) is 5.92 Å². The average molecular weight is 347 g/mol. The highest BCUT2D eigenvalue weighted by Gasteiger charge is 2.71. The molecular weight excluding hydrogens is 330 g/mol. The summed E-state index contributed by atoms with van der Waals surface area (Å²) >= 11 is 2.77. The van der Waals surface area contributed by atoms with Crippen LogP contribution in [0.1, 0.15) is 22.6 Å². The van der Waals surface area contributed by atoms with Gasteiger partial charge in [-0.3, -0.25) is 4.90 Å². The summed E-state index contributed by atoms with van der Waals surface area (Å²) in [5, 5.41) is 15.0. The topological polar surface area (TPSA) is 49.8 Å². The van der Waals surface area contributed by atoms with Gasteiger partial charge in [0, 0.05) is 24.5 Å². The Morgan fingerprint density at radius 2 is 2.00 bits per heavy atom. The molecule has 0 radical (unpaired) electrons. The molecule has 1 aliphatic carbocycles.